The number of aromatic nitrogens is 2. The van der Waals surface area contributed by atoms with E-state index in [-0.39, 0.29) is 17.7 Å². The average molecular weight is 470 g/mol. The second-order valence-electron chi connectivity index (χ2n) is 9.42. The Morgan fingerprint density at radius 2 is 1.66 bits per heavy atom. The van der Waals surface area contributed by atoms with E-state index >= 15 is 0 Å². The van der Waals surface area contributed by atoms with Crippen molar-refractivity contribution in [2.24, 2.45) is 5.92 Å². The summed E-state index contributed by atoms with van der Waals surface area (Å²) in [5.41, 5.74) is 3.61. The topological polar surface area (TPSA) is 78.4 Å². The monoisotopic (exact) mass is 469 g/mol. The quantitative estimate of drug-likeness (QED) is 0.609. The van der Waals surface area contributed by atoms with Crippen molar-refractivity contribution in [2.75, 3.05) is 31.1 Å². The van der Waals surface area contributed by atoms with Crippen LogP contribution in [0, 0.1) is 12.8 Å². The van der Waals surface area contributed by atoms with Crippen molar-refractivity contribution in [1.29, 1.82) is 0 Å². The molecule has 0 radical (unpaired) electrons. The Kier molecular flexibility index (Phi) is 6.86. The van der Waals surface area contributed by atoms with Gasteiger partial charge >= 0.3 is 0 Å². The van der Waals surface area contributed by atoms with Gasteiger partial charge in [-0.05, 0) is 80.6 Å². The van der Waals surface area contributed by atoms with E-state index in [4.69, 9.17) is 0 Å². The van der Waals surface area contributed by atoms with Crippen LogP contribution in [0.2, 0.25) is 0 Å². The summed E-state index contributed by atoms with van der Waals surface area (Å²) in [7, 11) is 0. The SMILES string of the molecule is Cc1ccc(N(C(=O)[C@H]2CCNC2)c2ccc(C3CCN(C(=O)c4ccccc4)CC3)cc2)nn1. The number of likely N-dealkylation sites (tertiary alicyclic amines) is 1. The number of piperidine rings is 1. The summed E-state index contributed by atoms with van der Waals surface area (Å²) in [6.45, 7) is 4.93. The van der Waals surface area contributed by atoms with Gasteiger partial charge in [-0.1, -0.05) is 30.3 Å². The number of nitrogens with one attached hydrogen (secondary N) is 1. The Balaban J connectivity index is 1.30. The van der Waals surface area contributed by atoms with Crippen LogP contribution in [0.15, 0.2) is 66.7 Å². The molecule has 2 fully saturated rings. The summed E-state index contributed by atoms with van der Waals surface area (Å²) in [6.07, 6.45) is 2.68. The van der Waals surface area contributed by atoms with Gasteiger partial charge in [0, 0.05) is 25.2 Å². The van der Waals surface area contributed by atoms with Gasteiger partial charge < -0.3 is 10.2 Å². The van der Waals surface area contributed by atoms with Crippen molar-refractivity contribution in [1.82, 2.24) is 20.4 Å². The molecular weight excluding hydrogens is 438 g/mol. The molecular formula is C28H31N5O2. The third-order valence-electron chi connectivity index (χ3n) is 7.07. The zero-order valence-electron chi connectivity index (χ0n) is 20.1. The molecule has 3 heterocycles. The van der Waals surface area contributed by atoms with Crippen LogP contribution in [-0.4, -0.2) is 53.1 Å². The third kappa shape index (κ3) is 5.10. The van der Waals surface area contributed by atoms with Crippen LogP contribution in [0.4, 0.5) is 11.5 Å². The number of carbonyl (C=O) groups is 2. The van der Waals surface area contributed by atoms with E-state index < -0.39 is 0 Å². The highest BCUT2D eigenvalue weighted by Crippen LogP contribution is 2.32. The molecule has 1 N–H and O–H groups in total. The Labute approximate surface area is 206 Å². The van der Waals surface area contributed by atoms with Crippen molar-refractivity contribution >= 4 is 23.3 Å². The minimum Gasteiger partial charge on any atom is -0.339 e. The van der Waals surface area contributed by atoms with Gasteiger partial charge in [-0.15, -0.1) is 5.10 Å². The van der Waals surface area contributed by atoms with E-state index in [1.54, 1.807) is 4.90 Å². The molecule has 2 saturated heterocycles. The van der Waals surface area contributed by atoms with Crippen LogP contribution in [0.25, 0.3) is 0 Å². The predicted octanol–water partition coefficient (Wildman–Crippen LogP) is 4.08. The number of aryl methyl sites for hydroxylation is 1. The molecule has 1 atom stereocenters. The average Bonchev–Trinajstić information content (AvgIpc) is 3.46. The predicted molar refractivity (Wildman–Crippen MR) is 136 cm³/mol. The first kappa shape index (κ1) is 23.2. The molecule has 2 aromatic carbocycles. The molecule has 1 aromatic heterocycles. The Bertz CT molecular complexity index is 1150. The van der Waals surface area contributed by atoms with Crippen LogP contribution in [0.5, 0.6) is 0 Å². The maximum absolute atomic E-state index is 13.4. The summed E-state index contributed by atoms with van der Waals surface area (Å²) in [4.78, 5) is 29.8. The number of hydrogen-bond acceptors (Lipinski definition) is 5. The van der Waals surface area contributed by atoms with Gasteiger partial charge in [-0.25, -0.2) is 0 Å². The highest BCUT2D eigenvalue weighted by molar-refractivity contribution is 6.01. The summed E-state index contributed by atoms with van der Waals surface area (Å²) in [5.74, 6) is 1.03. The van der Waals surface area contributed by atoms with Gasteiger partial charge in [0.15, 0.2) is 5.82 Å². The molecule has 35 heavy (non-hydrogen) atoms. The summed E-state index contributed by atoms with van der Waals surface area (Å²) >= 11 is 0. The molecule has 2 amide bonds. The van der Waals surface area contributed by atoms with Crippen LogP contribution in [-0.2, 0) is 4.79 Å². The fourth-order valence-electron chi connectivity index (χ4n) is 5.01. The van der Waals surface area contributed by atoms with E-state index in [1.807, 2.05) is 66.4 Å². The van der Waals surface area contributed by atoms with E-state index in [1.165, 1.54) is 5.56 Å². The molecule has 0 saturated carbocycles. The molecule has 180 valence electrons. The van der Waals surface area contributed by atoms with E-state index in [2.05, 4.69) is 27.6 Å². The number of benzene rings is 2. The Morgan fingerprint density at radius 3 is 2.29 bits per heavy atom. The first-order chi connectivity index (χ1) is 17.1. The first-order valence-electron chi connectivity index (χ1n) is 12.4. The lowest BCUT2D eigenvalue weighted by molar-refractivity contribution is -0.121. The van der Waals surface area contributed by atoms with Crippen LogP contribution in [0.3, 0.4) is 0 Å². The number of hydrogen-bond donors (Lipinski definition) is 1. The van der Waals surface area contributed by atoms with Gasteiger partial charge in [0.2, 0.25) is 5.91 Å². The van der Waals surface area contributed by atoms with Gasteiger partial charge in [0.25, 0.3) is 5.91 Å². The molecule has 3 aromatic rings. The highest BCUT2D eigenvalue weighted by Gasteiger charge is 2.30. The minimum absolute atomic E-state index is 0.0497. The molecule has 2 aliphatic heterocycles. The standard InChI is InChI=1S/C28H31N5O2/c1-20-7-12-26(31-30-20)33(28(35)24-13-16-29-19-24)25-10-8-21(9-11-25)22-14-17-32(18-15-22)27(34)23-5-3-2-4-6-23/h2-12,22,24,29H,13-19H2,1H3/t24-/m0/s1. The van der Waals surface area contributed by atoms with Gasteiger partial charge in [-0.3, -0.25) is 14.5 Å². The van der Waals surface area contributed by atoms with Crippen molar-refractivity contribution in [2.45, 2.75) is 32.1 Å². The van der Waals surface area contributed by atoms with Gasteiger partial charge in [0.1, 0.15) is 0 Å². The molecule has 0 unspecified atom stereocenters. The molecule has 0 bridgehead atoms. The van der Waals surface area contributed by atoms with Gasteiger partial charge in [0.05, 0.1) is 17.3 Å². The first-order valence-corrected chi connectivity index (χ1v) is 12.4. The molecule has 7 nitrogen and oxygen atoms in total. The van der Waals surface area contributed by atoms with Crippen molar-refractivity contribution in [3.8, 4) is 0 Å². The van der Waals surface area contributed by atoms with E-state index in [0.717, 1.165) is 55.8 Å². The third-order valence-corrected chi connectivity index (χ3v) is 7.07. The number of carbonyl (C=O) groups excluding carboxylic acids is 2. The zero-order chi connectivity index (χ0) is 24.2. The lowest BCUT2D eigenvalue weighted by Gasteiger charge is -2.32. The molecule has 5 rings (SSSR count). The number of anilines is 2. The van der Waals surface area contributed by atoms with Gasteiger partial charge in [-0.2, -0.15) is 5.10 Å². The maximum Gasteiger partial charge on any atom is 0.253 e. The minimum atomic E-state index is -0.0655. The maximum atomic E-state index is 13.4. The fourth-order valence-corrected chi connectivity index (χ4v) is 5.01. The van der Waals surface area contributed by atoms with Crippen LogP contribution < -0.4 is 10.2 Å². The van der Waals surface area contributed by atoms with E-state index in [0.29, 0.717) is 18.3 Å². The number of rotatable bonds is 5. The van der Waals surface area contributed by atoms with Crippen molar-refractivity contribution in [3.05, 3.63) is 83.6 Å². The normalized spacial score (nSPS) is 18.4. The second-order valence-corrected chi connectivity index (χ2v) is 9.42. The molecule has 0 spiro atoms. The van der Waals surface area contributed by atoms with E-state index in [9.17, 15) is 9.59 Å². The van der Waals surface area contributed by atoms with Crippen LogP contribution >= 0.6 is 0 Å². The molecule has 2 aliphatic rings. The summed E-state index contributed by atoms with van der Waals surface area (Å²) < 4.78 is 0. The lowest BCUT2D eigenvalue weighted by atomic mass is 9.89. The molecule has 7 heteroatoms. The van der Waals surface area contributed by atoms with Crippen molar-refractivity contribution in [3.63, 3.8) is 0 Å². The summed E-state index contributed by atoms with van der Waals surface area (Å²) in [5, 5.41) is 11.8. The Hall–Kier alpha value is -3.58. The zero-order valence-corrected chi connectivity index (χ0v) is 20.1. The highest BCUT2D eigenvalue weighted by atomic mass is 16.2. The summed E-state index contributed by atoms with van der Waals surface area (Å²) in [6, 6.07) is 21.5. The number of amides is 2. The molecule has 0 aliphatic carbocycles. The number of nitrogens with zero attached hydrogens (tertiary/aromatic N) is 4. The second kappa shape index (κ2) is 10.4. The van der Waals surface area contributed by atoms with Crippen molar-refractivity contribution < 1.29 is 9.59 Å². The fraction of sp³-hybridized carbons (Fsp3) is 0.357. The van der Waals surface area contributed by atoms with Crippen LogP contribution in [0.1, 0.15) is 46.8 Å². The largest absolute Gasteiger partial charge is 0.339 e. The lowest BCUT2D eigenvalue weighted by Crippen LogP contribution is -2.37. The smallest absolute Gasteiger partial charge is 0.253 e. The Morgan fingerprint density at radius 1 is 0.914 bits per heavy atom.